The number of hydrogen-bond donors (Lipinski definition) is 0. The van der Waals surface area contributed by atoms with Gasteiger partial charge in [-0.1, -0.05) is 46.4 Å². The Morgan fingerprint density at radius 1 is 0.636 bits per heavy atom. The van der Waals surface area contributed by atoms with E-state index in [0.717, 1.165) is 0 Å². The van der Waals surface area contributed by atoms with Gasteiger partial charge in [-0.2, -0.15) is 0 Å². The molecule has 0 amide bonds. The highest BCUT2D eigenvalue weighted by Crippen LogP contribution is 2.48. The molecule has 0 aromatic heterocycles. The Balaban J connectivity index is 5.10. The van der Waals surface area contributed by atoms with Crippen LogP contribution in [-0.2, 0) is 0 Å². The first kappa shape index (κ1) is 23.2. The fourth-order valence-corrected chi connectivity index (χ4v) is 2.47. The summed E-state index contributed by atoms with van der Waals surface area (Å²) in [5, 5.41) is -9.04. The fraction of sp³-hybridized carbons (Fsp3) is 1.00. The van der Waals surface area contributed by atoms with Crippen LogP contribution in [0.4, 0.5) is 30.7 Å². The molecule has 0 aliphatic rings. The van der Waals surface area contributed by atoms with Gasteiger partial charge in [-0.25, -0.2) is 30.7 Å². The van der Waals surface area contributed by atoms with Crippen molar-refractivity contribution in [3.63, 3.8) is 0 Å². The lowest BCUT2D eigenvalue weighted by molar-refractivity contribution is 0.0118. The minimum atomic E-state index is -3.90. The highest BCUT2D eigenvalue weighted by molar-refractivity contribution is 6.53. The average molecular weight is 461 g/mol. The van der Waals surface area contributed by atoms with Gasteiger partial charge < -0.3 is 0 Å². The molecule has 0 heterocycles. The van der Waals surface area contributed by atoms with Gasteiger partial charge in [0.2, 0.25) is 5.63 Å². The Labute approximate surface area is 151 Å². The molecule has 0 spiro atoms. The molecule has 0 aliphatic heterocycles. The van der Waals surface area contributed by atoms with Crippen LogP contribution in [0.3, 0.4) is 0 Å². The predicted octanol–water partition coefficient (Wildman–Crippen LogP) is 6.09. The highest BCUT2D eigenvalue weighted by Gasteiger charge is 2.59. The van der Waals surface area contributed by atoms with Crippen LogP contribution in [0.1, 0.15) is 0 Å². The first-order valence-electron chi connectivity index (χ1n) is 5.23. The van der Waals surface area contributed by atoms with E-state index < -0.39 is 50.8 Å². The highest BCUT2D eigenvalue weighted by atomic mass is 35.5. The summed E-state index contributed by atoms with van der Waals surface area (Å²) < 4.78 is 88.3. The van der Waals surface area contributed by atoms with Crippen LogP contribution in [0.25, 0.3) is 0 Å². The number of hydrogen-bond acceptors (Lipinski definition) is 0. The smallest absolute Gasteiger partial charge is 0.242 e. The van der Waals surface area contributed by atoms with Gasteiger partial charge >= 0.3 is 4.59 Å². The monoisotopic (exact) mass is 458 g/mol. The van der Waals surface area contributed by atoms with E-state index in [1.165, 1.54) is 0 Å². The zero-order valence-corrected chi connectivity index (χ0v) is 14.5. The summed E-state index contributed by atoms with van der Waals surface area (Å²) in [6.07, 6.45) is -13.2. The second-order valence-electron chi connectivity index (χ2n) is 4.08. The summed E-state index contributed by atoms with van der Waals surface area (Å²) >= 11 is 29.4. The maximum atomic E-state index is 13.7. The van der Waals surface area contributed by atoms with E-state index in [2.05, 4.69) is 11.6 Å². The van der Waals surface area contributed by atoms with Crippen molar-refractivity contribution >= 4 is 69.6 Å². The zero-order chi connectivity index (χ0) is 18.0. The minimum absolute atomic E-state index is 2.54. The van der Waals surface area contributed by atoms with E-state index in [-0.39, 0.29) is 0 Å². The number of halogens is 13. The van der Waals surface area contributed by atoms with E-state index in [4.69, 9.17) is 58.0 Å². The summed E-state index contributed by atoms with van der Waals surface area (Å²) in [7, 11) is 0. The Hall–Kier alpha value is 1.25. The second kappa shape index (κ2) is 8.56. The van der Waals surface area contributed by atoms with E-state index in [1.54, 1.807) is 0 Å². The number of rotatable bonds is 8. The molecule has 0 aliphatic carbocycles. The lowest BCUT2D eigenvalue weighted by Gasteiger charge is -2.33. The molecule has 22 heavy (non-hydrogen) atoms. The molecule has 8 atom stereocenters. The van der Waals surface area contributed by atoms with Crippen LogP contribution in [0.2, 0.25) is 0 Å². The maximum Gasteiger partial charge on any atom is 0.307 e. The Kier molecular flexibility index (Phi) is 9.05. The molecule has 0 rings (SSSR count). The van der Waals surface area contributed by atoms with E-state index in [9.17, 15) is 30.7 Å². The molecule has 0 radical (unpaired) electrons. The van der Waals surface area contributed by atoms with Crippen molar-refractivity contribution in [3.05, 3.63) is 0 Å². The van der Waals surface area contributed by atoms with Gasteiger partial charge in [0.05, 0.1) is 5.38 Å². The van der Waals surface area contributed by atoms with Crippen LogP contribution < -0.4 is 0 Å². The van der Waals surface area contributed by atoms with Crippen molar-refractivity contribution in [1.29, 1.82) is 0 Å². The lowest BCUT2D eigenvalue weighted by Crippen LogP contribution is -2.52. The van der Waals surface area contributed by atoms with Gasteiger partial charge in [0.25, 0.3) is 5.13 Å². The second-order valence-corrected chi connectivity index (χ2v) is 7.26. The van der Waals surface area contributed by atoms with E-state index in [1.807, 2.05) is 0 Å². The minimum Gasteiger partial charge on any atom is -0.242 e. The molecule has 0 aromatic rings. The molecule has 0 fully saturated rings. The van der Waals surface area contributed by atoms with Crippen LogP contribution in [-0.4, -0.2) is 50.8 Å². The van der Waals surface area contributed by atoms with Crippen molar-refractivity contribution in [2.75, 3.05) is 0 Å². The van der Waals surface area contributed by atoms with Crippen molar-refractivity contribution in [2.24, 2.45) is 0 Å². The zero-order valence-electron chi connectivity index (χ0n) is 9.95. The van der Waals surface area contributed by atoms with Gasteiger partial charge in [-0.15, -0.1) is 23.2 Å². The molecule has 8 unspecified atom stereocenters. The molecule has 13 heteroatoms. The summed E-state index contributed by atoms with van der Waals surface area (Å²) in [5.74, 6) is 0. The standard InChI is InChI=1S/C9H7Cl6F7/c10-1(6(11)8(13,21)9(14,15)22)2(16)3(17)4(18)5(19)7(12)20/h1-7H. The van der Waals surface area contributed by atoms with Crippen molar-refractivity contribution in [3.8, 4) is 0 Å². The van der Waals surface area contributed by atoms with Gasteiger partial charge in [0.1, 0.15) is 5.38 Å². The van der Waals surface area contributed by atoms with Crippen molar-refractivity contribution < 1.29 is 30.7 Å². The fourth-order valence-electron chi connectivity index (χ4n) is 1.18. The Morgan fingerprint density at radius 2 is 1.00 bits per heavy atom. The molecule has 0 nitrogen and oxygen atoms in total. The van der Waals surface area contributed by atoms with Crippen LogP contribution in [0.15, 0.2) is 0 Å². The molecule has 134 valence electrons. The first-order valence-corrected chi connectivity index (χ1v) is 7.67. The third kappa shape index (κ3) is 5.38. The normalized spacial score (nSPS) is 25.5. The molecule has 0 aromatic carbocycles. The lowest BCUT2D eigenvalue weighted by atomic mass is 10.0. The molecule has 0 bridgehead atoms. The van der Waals surface area contributed by atoms with Gasteiger partial charge in [-0.3, -0.25) is 0 Å². The summed E-state index contributed by atoms with van der Waals surface area (Å²) in [4.78, 5) is 0. The summed E-state index contributed by atoms with van der Waals surface area (Å²) in [6, 6.07) is 0. The van der Waals surface area contributed by atoms with Gasteiger partial charge in [-0.05, 0) is 0 Å². The topological polar surface area (TPSA) is 0 Å². The predicted molar refractivity (Wildman–Crippen MR) is 74.9 cm³/mol. The maximum absolute atomic E-state index is 13.7. The molecule has 0 N–H and O–H groups in total. The van der Waals surface area contributed by atoms with Crippen molar-refractivity contribution in [1.82, 2.24) is 0 Å². The van der Waals surface area contributed by atoms with E-state index in [0.29, 0.717) is 0 Å². The molecular weight excluding hydrogens is 454 g/mol. The Bertz CT molecular complexity index is 352. The van der Waals surface area contributed by atoms with Crippen LogP contribution in [0, 0.1) is 0 Å². The molecular formula is C9H7Cl6F7. The number of alkyl halides is 13. The quantitative estimate of drug-likeness (QED) is 0.303. The summed E-state index contributed by atoms with van der Waals surface area (Å²) in [6.45, 7) is 0. The van der Waals surface area contributed by atoms with Crippen molar-refractivity contribution in [2.45, 2.75) is 50.8 Å². The average Bonchev–Trinajstić information content (AvgIpc) is 2.40. The first-order chi connectivity index (χ1) is 9.66. The molecule has 0 saturated carbocycles. The summed E-state index contributed by atoms with van der Waals surface area (Å²) in [5.41, 5.74) is -2.97. The largest absolute Gasteiger partial charge is 0.307 e. The molecule has 0 saturated heterocycles. The van der Waals surface area contributed by atoms with Crippen LogP contribution in [0.5, 0.6) is 0 Å². The Morgan fingerprint density at radius 3 is 1.32 bits per heavy atom. The van der Waals surface area contributed by atoms with Gasteiger partial charge in [0.15, 0.2) is 24.7 Å². The van der Waals surface area contributed by atoms with Gasteiger partial charge in [0, 0.05) is 0 Å². The van der Waals surface area contributed by atoms with E-state index >= 15 is 0 Å². The third-order valence-corrected chi connectivity index (χ3v) is 5.25. The third-order valence-electron chi connectivity index (χ3n) is 2.46. The SMILES string of the molecule is FC(Cl)C(F)C(F)C(F)C(F)C(Cl)C(Cl)C(F)(Cl)C(F)(Cl)Cl. The van der Waals surface area contributed by atoms with Crippen LogP contribution >= 0.6 is 69.6 Å².